The smallest absolute Gasteiger partial charge is 0.254 e. The molecule has 0 saturated heterocycles. The maximum atomic E-state index is 12.2. The molecular weight excluding hydrogens is 324 g/mol. The number of amides is 1. The molecule has 0 aromatic carbocycles. The molecule has 1 amide bonds. The van der Waals surface area contributed by atoms with E-state index in [4.69, 9.17) is 0 Å². The molecule has 0 fully saturated rings. The van der Waals surface area contributed by atoms with E-state index in [9.17, 15) is 4.79 Å². The number of carbonyl (C=O) groups excluding carboxylic acids is 1. The molecule has 122 valence electrons. The van der Waals surface area contributed by atoms with E-state index in [1.54, 1.807) is 30.7 Å². The van der Waals surface area contributed by atoms with Crippen LogP contribution in [0, 0.1) is 0 Å². The van der Waals surface area contributed by atoms with Crippen molar-refractivity contribution in [3.8, 4) is 11.4 Å². The third-order valence-electron chi connectivity index (χ3n) is 3.31. The van der Waals surface area contributed by atoms with Gasteiger partial charge < -0.3 is 5.32 Å². The van der Waals surface area contributed by atoms with Gasteiger partial charge in [-0.2, -0.15) is 5.10 Å². The van der Waals surface area contributed by atoms with Crippen LogP contribution in [0.5, 0.6) is 0 Å². The summed E-state index contributed by atoms with van der Waals surface area (Å²) < 4.78 is 0. The van der Waals surface area contributed by atoms with Gasteiger partial charge in [0.25, 0.3) is 5.91 Å². The highest BCUT2D eigenvalue weighted by Gasteiger charge is 2.11. The summed E-state index contributed by atoms with van der Waals surface area (Å²) in [6, 6.07) is 7.26. The second kappa shape index (κ2) is 7.69. The predicted octanol–water partition coefficient (Wildman–Crippen LogP) is 1.96. The Bertz CT molecular complexity index is 820. The lowest BCUT2D eigenvalue weighted by atomic mass is 10.2. The number of rotatable bonds is 6. The zero-order valence-corrected chi connectivity index (χ0v) is 13.9. The normalized spacial score (nSPS) is 10.5. The zero-order chi connectivity index (χ0) is 16.8. The van der Waals surface area contributed by atoms with Gasteiger partial charge in [-0.3, -0.25) is 14.9 Å². The van der Waals surface area contributed by atoms with Crippen LogP contribution in [0.3, 0.4) is 0 Å². The summed E-state index contributed by atoms with van der Waals surface area (Å²) in [6.45, 7) is 0.462. The van der Waals surface area contributed by atoms with Crippen molar-refractivity contribution in [2.45, 2.75) is 11.4 Å². The van der Waals surface area contributed by atoms with Crippen molar-refractivity contribution in [1.82, 2.24) is 30.5 Å². The largest absolute Gasteiger partial charge is 0.352 e. The van der Waals surface area contributed by atoms with Crippen LogP contribution in [0.4, 0.5) is 0 Å². The number of thioether (sulfide) groups is 1. The molecular formula is C16H16N6OS. The number of H-pyrrole nitrogens is 1. The van der Waals surface area contributed by atoms with Crippen molar-refractivity contribution in [2.75, 3.05) is 12.8 Å². The van der Waals surface area contributed by atoms with Crippen LogP contribution in [0.2, 0.25) is 0 Å². The monoisotopic (exact) mass is 340 g/mol. The van der Waals surface area contributed by atoms with Crippen LogP contribution in [0.15, 0.2) is 47.9 Å². The molecule has 8 heteroatoms. The molecule has 3 aromatic heterocycles. The summed E-state index contributed by atoms with van der Waals surface area (Å²) in [5.74, 6) is 1.17. The molecule has 3 heterocycles. The molecule has 0 radical (unpaired) electrons. The Hall–Kier alpha value is -2.74. The molecule has 2 N–H and O–H groups in total. The minimum absolute atomic E-state index is 0.139. The summed E-state index contributed by atoms with van der Waals surface area (Å²) in [5.41, 5.74) is 1.43. The van der Waals surface area contributed by atoms with Gasteiger partial charge in [0.2, 0.25) is 0 Å². The lowest BCUT2D eigenvalue weighted by molar-refractivity contribution is 0.0950. The number of hydrogen-bond acceptors (Lipinski definition) is 6. The highest BCUT2D eigenvalue weighted by molar-refractivity contribution is 7.98. The number of nitrogens with zero attached hydrogens (tertiary/aromatic N) is 4. The Kier molecular flexibility index (Phi) is 5.17. The first-order valence-corrected chi connectivity index (χ1v) is 8.59. The zero-order valence-electron chi connectivity index (χ0n) is 13.1. The number of nitrogens with one attached hydrogen (secondary N) is 2. The van der Waals surface area contributed by atoms with E-state index < -0.39 is 0 Å². The Balaban J connectivity index is 1.57. The van der Waals surface area contributed by atoms with Crippen LogP contribution in [0.1, 0.15) is 16.2 Å². The standard InChI is InChI=1S/C16H16N6OS/c1-24-16-12(5-3-8-19-16)15(23)18-9-6-13-20-14(22-21-13)11-4-2-7-17-10-11/h2-5,7-8,10H,6,9H2,1H3,(H,18,23)(H,20,21,22). The maximum Gasteiger partial charge on any atom is 0.254 e. The van der Waals surface area contributed by atoms with Crippen LogP contribution in [0.25, 0.3) is 11.4 Å². The summed E-state index contributed by atoms with van der Waals surface area (Å²) in [4.78, 5) is 24.9. The first-order valence-electron chi connectivity index (χ1n) is 7.37. The molecule has 0 aliphatic rings. The molecule has 0 aliphatic carbocycles. The third-order valence-corrected chi connectivity index (χ3v) is 4.02. The number of pyridine rings is 2. The summed E-state index contributed by atoms with van der Waals surface area (Å²) in [6.07, 6.45) is 7.55. The van der Waals surface area contributed by atoms with Gasteiger partial charge in [0.05, 0.1) is 5.56 Å². The topological polar surface area (TPSA) is 96.5 Å². The third kappa shape index (κ3) is 3.77. The molecule has 0 saturated carbocycles. The van der Waals surface area contributed by atoms with Crippen LogP contribution < -0.4 is 5.32 Å². The van der Waals surface area contributed by atoms with E-state index in [-0.39, 0.29) is 5.91 Å². The highest BCUT2D eigenvalue weighted by atomic mass is 32.2. The number of aromatic nitrogens is 5. The number of aromatic amines is 1. The molecule has 0 bridgehead atoms. The Morgan fingerprint density at radius 3 is 2.96 bits per heavy atom. The second-order valence-electron chi connectivity index (χ2n) is 4.91. The average Bonchev–Trinajstić information content (AvgIpc) is 3.11. The van der Waals surface area contributed by atoms with Crippen molar-refractivity contribution in [1.29, 1.82) is 0 Å². The van der Waals surface area contributed by atoms with Gasteiger partial charge in [-0.25, -0.2) is 9.97 Å². The molecule has 7 nitrogen and oxygen atoms in total. The van der Waals surface area contributed by atoms with Crippen molar-refractivity contribution < 1.29 is 4.79 Å². The number of hydrogen-bond donors (Lipinski definition) is 2. The van der Waals surface area contributed by atoms with E-state index in [2.05, 4.69) is 30.5 Å². The van der Waals surface area contributed by atoms with E-state index in [0.29, 0.717) is 35.2 Å². The minimum Gasteiger partial charge on any atom is -0.352 e. The van der Waals surface area contributed by atoms with Gasteiger partial charge in [0.15, 0.2) is 5.82 Å². The van der Waals surface area contributed by atoms with Gasteiger partial charge >= 0.3 is 0 Å². The molecule has 24 heavy (non-hydrogen) atoms. The quantitative estimate of drug-likeness (QED) is 0.666. The molecule has 3 aromatic rings. The molecule has 0 atom stereocenters. The number of carbonyl (C=O) groups is 1. The molecule has 0 unspecified atom stereocenters. The Morgan fingerprint density at radius 1 is 1.29 bits per heavy atom. The first-order chi connectivity index (χ1) is 11.8. The lowest BCUT2D eigenvalue weighted by Crippen LogP contribution is -2.26. The van der Waals surface area contributed by atoms with Crippen LogP contribution >= 0.6 is 11.8 Å². The maximum absolute atomic E-state index is 12.2. The lowest BCUT2D eigenvalue weighted by Gasteiger charge is -2.06. The van der Waals surface area contributed by atoms with Crippen molar-refractivity contribution >= 4 is 17.7 Å². The van der Waals surface area contributed by atoms with Crippen molar-refractivity contribution in [2.24, 2.45) is 0 Å². The van der Waals surface area contributed by atoms with Crippen molar-refractivity contribution in [3.05, 3.63) is 54.2 Å². The summed E-state index contributed by atoms with van der Waals surface area (Å²) in [7, 11) is 0. The SMILES string of the molecule is CSc1ncccc1C(=O)NCCc1nc(-c2cccnc2)n[nH]1. The minimum atomic E-state index is -0.139. The summed E-state index contributed by atoms with van der Waals surface area (Å²) in [5, 5.41) is 10.6. The molecule has 3 rings (SSSR count). The van der Waals surface area contributed by atoms with Gasteiger partial charge in [-0.15, -0.1) is 11.8 Å². The summed E-state index contributed by atoms with van der Waals surface area (Å²) >= 11 is 1.45. The highest BCUT2D eigenvalue weighted by Crippen LogP contribution is 2.16. The van der Waals surface area contributed by atoms with Crippen LogP contribution in [-0.2, 0) is 6.42 Å². The van der Waals surface area contributed by atoms with E-state index in [0.717, 1.165) is 5.56 Å². The van der Waals surface area contributed by atoms with E-state index in [1.807, 2.05) is 18.4 Å². The molecule has 0 spiro atoms. The van der Waals surface area contributed by atoms with Gasteiger partial charge in [-0.1, -0.05) is 0 Å². The van der Waals surface area contributed by atoms with E-state index in [1.165, 1.54) is 11.8 Å². The van der Waals surface area contributed by atoms with E-state index >= 15 is 0 Å². The fourth-order valence-electron chi connectivity index (χ4n) is 2.15. The Labute approximate surface area is 143 Å². The predicted molar refractivity (Wildman–Crippen MR) is 91.7 cm³/mol. The van der Waals surface area contributed by atoms with Gasteiger partial charge in [-0.05, 0) is 30.5 Å². The molecule has 0 aliphatic heterocycles. The fourth-order valence-corrected chi connectivity index (χ4v) is 2.69. The fraction of sp³-hybridized carbons (Fsp3) is 0.188. The van der Waals surface area contributed by atoms with Gasteiger partial charge in [0, 0.05) is 37.1 Å². The van der Waals surface area contributed by atoms with Crippen LogP contribution in [-0.4, -0.2) is 43.9 Å². The first kappa shape index (κ1) is 16.1. The average molecular weight is 340 g/mol. The Morgan fingerprint density at radius 2 is 2.17 bits per heavy atom. The van der Waals surface area contributed by atoms with Crippen molar-refractivity contribution in [3.63, 3.8) is 0 Å². The second-order valence-corrected chi connectivity index (χ2v) is 5.71. The van der Waals surface area contributed by atoms with Gasteiger partial charge in [0.1, 0.15) is 10.9 Å².